The molecule has 0 atom stereocenters. The zero-order valence-electron chi connectivity index (χ0n) is 6.53. The van der Waals surface area contributed by atoms with Crippen molar-refractivity contribution < 1.29 is 22.7 Å². The summed E-state index contributed by atoms with van der Waals surface area (Å²) in [5.41, 5.74) is 0. The number of aliphatic carboxylic acids is 2. The quantitative estimate of drug-likeness (QED) is 0.459. The molecule has 9 heavy (non-hydrogen) atoms. The molecule has 0 bridgehead atoms. The fourth-order valence-electron chi connectivity index (χ4n) is 0.129. The Kier molecular flexibility index (Phi) is 15.3. The van der Waals surface area contributed by atoms with Crippen LogP contribution < -0.4 is 0 Å². The molecule has 0 fully saturated rings. The van der Waals surface area contributed by atoms with Gasteiger partial charge >= 0.3 is 49.7 Å². The van der Waals surface area contributed by atoms with Crippen molar-refractivity contribution in [2.24, 2.45) is 0 Å². The van der Waals surface area contributed by atoms with E-state index in [0.29, 0.717) is 0 Å². The maximum absolute atomic E-state index is 9.43. The van der Waals surface area contributed by atoms with Gasteiger partial charge < -0.3 is 13.1 Å². The Morgan fingerprint density at radius 3 is 1.44 bits per heavy atom. The molecular formula is C3H7CaClO4. The van der Waals surface area contributed by atoms with Crippen molar-refractivity contribution in [1.29, 1.82) is 0 Å². The monoisotopic (exact) mass is 182 g/mol. The first-order valence-electron chi connectivity index (χ1n) is 1.56. The number of hydrogen-bond donors (Lipinski definition) is 2. The standard InChI is InChI=1S/C3H4O4.Ca.ClH.2H/c4-2(5)1-3(6)7;;;;/h1H2,(H,4,5)(H,6,7);;1H;;/q;+2;;2*-1. The minimum atomic E-state index is -1.31. The van der Waals surface area contributed by atoms with Crippen LogP contribution in [0.1, 0.15) is 9.27 Å². The molecule has 2 N–H and O–H groups in total. The van der Waals surface area contributed by atoms with Crippen LogP contribution in [0.2, 0.25) is 0 Å². The molecule has 0 saturated carbocycles. The molecule has 0 aliphatic heterocycles. The predicted molar refractivity (Wildman–Crippen MR) is 35.1 cm³/mol. The maximum Gasteiger partial charge on any atom is 2.00 e. The van der Waals surface area contributed by atoms with Gasteiger partial charge in [-0.2, -0.15) is 0 Å². The molecule has 0 radical (unpaired) electrons. The fraction of sp³-hybridized carbons (Fsp3) is 0.333. The summed E-state index contributed by atoms with van der Waals surface area (Å²) in [5.74, 6) is -2.62. The zero-order chi connectivity index (χ0) is 5.86. The third-order valence-electron chi connectivity index (χ3n) is 0.302. The van der Waals surface area contributed by atoms with Gasteiger partial charge in [0.1, 0.15) is 6.42 Å². The molecule has 0 rings (SSSR count). The summed E-state index contributed by atoms with van der Waals surface area (Å²) >= 11 is 0. The number of carboxylic acid groups (broad SMARTS) is 2. The molecule has 0 spiro atoms. The second kappa shape index (κ2) is 8.49. The van der Waals surface area contributed by atoms with Gasteiger partial charge in [-0.1, -0.05) is 0 Å². The molecule has 0 saturated heterocycles. The first-order valence-corrected chi connectivity index (χ1v) is 1.56. The van der Waals surface area contributed by atoms with Crippen LogP contribution in [0.25, 0.3) is 0 Å². The van der Waals surface area contributed by atoms with Gasteiger partial charge in [0.25, 0.3) is 0 Å². The van der Waals surface area contributed by atoms with E-state index in [-0.39, 0.29) is 53.0 Å². The van der Waals surface area contributed by atoms with Crippen LogP contribution in [0.15, 0.2) is 0 Å². The van der Waals surface area contributed by atoms with Gasteiger partial charge in [-0.05, 0) is 0 Å². The molecule has 0 aliphatic carbocycles. The average Bonchev–Trinajstić information content (AvgIpc) is 1.27. The van der Waals surface area contributed by atoms with Crippen LogP contribution in [0.4, 0.5) is 0 Å². The normalized spacial score (nSPS) is 6.22. The van der Waals surface area contributed by atoms with Crippen molar-refractivity contribution in [2.45, 2.75) is 6.42 Å². The van der Waals surface area contributed by atoms with Crippen molar-refractivity contribution in [2.75, 3.05) is 0 Å². The summed E-state index contributed by atoms with van der Waals surface area (Å²) in [6.07, 6.45) is -0.806. The van der Waals surface area contributed by atoms with Crippen molar-refractivity contribution in [1.82, 2.24) is 0 Å². The number of hydrogen-bond acceptors (Lipinski definition) is 2. The molecule has 6 heteroatoms. The Bertz CT molecular complexity index is 99.5. The first kappa shape index (κ1) is 16.2. The van der Waals surface area contributed by atoms with E-state index in [9.17, 15) is 9.59 Å². The van der Waals surface area contributed by atoms with Crippen LogP contribution in [-0.4, -0.2) is 59.9 Å². The molecule has 0 amide bonds. The minimum absolute atomic E-state index is 0. The van der Waals surface area contributed by atoms with Crippen molar-refractivity contribution in [3.8, 4) is 0 Å². The number of rotatable bonds is 2. The van der Waals surface area contributed by atoms with Gasteiger partial charge in [0.15, 0.2) is 0 Å². The SMILES string of the molecule is Cl.O=C(O)CC(=O)O.[Ca+2].[H-].[H-]. The maximum atomic E-state index is 9.43. The number of carbonyl (C=O) groups is 2. The smallest absolute Gasteiger partial charge is 1.00 e. The third-order valence-corrected chi connectivity index (χ3v) is 0.302. The van der Waals surface area contributed by atoms with E-state index in [1.54, 1.807) is 0 Å². The average molecular weight is 183 g/mol. The summed E-state index contributed by atoms with van der Waals surface area (Å²) in [5, 5.41) is 15.4. The molecule has 0 aliphatic rings. The number of carboxylic acids is 2. The van der Waals surface area contributed by atoms with Crippen molar-refractivity contribution >= 4 is 62.1 Å². The Hall–Kier alpha value is 0.490. The summed E-state index contributed by atoms with van der Waals surface area (Å²) in [6.45, 7) is 0. The zero-order valence-corrected chi connectivity index (χ0v) is 7.56. The van der Waals surface area contributed by atoms with Crippen LogP contribution >= 0.6 is 12.4 Å². The Balaban J connectivity index is -0.0000000300. The predicted octanol–water partition coefficient (Wildman–Crippen LogP) is -0.188. The second-order valence-corrected chi connectivity index (χ2v) is 0.964. The van der Waals surface area contributed by atoms with Gasteiger partial charge in [-0.15, -0.1) is 12.4 Å². The van der Waals surface area contributed by atoms with Crippen LogP contribution in [0.5, 0.6) is 0 Å². The van der Waals surface area contributed by atoms with E-state index >= 15 is 0 Å². The van der Waals surface area contributed by atoms with Gasteiger partial charge in [0.05, 0.1) is 0 Å². The van der Waals surface area contributed by atoms with Gasteiger partial charge in [0, 0.05) is 0 Å². The van der Waals surface area contributed by atoms with Crippen molar-refractivity contribution in [3.05, 3.63) is 0 Å². The summed E-state index contributed by atoms with van der Waals surface area (Å²) in [7, 11) is 0. The minimum Gasteiger partial charge on any atom is -1.00 e. The topological polar surface area (TPSA) is 74.6 Å². The number of halogens is 1. The molecule has 4 nitrogen and oxygen atoms in total. The molecule has 0 aromatic rings. The Morgan fingerprint density at radius 2 is 1.44 bits per heavy atom. The van der Waals surface area contributed by atoms with Gasteiger partial charge in [0.2, 0.25) is 0 Å². The van der Waals surface area contributed by atoms with E-state index in [0.717, 1.165) is 0 Å². The molecule has 0 heterocycles. The van der Waals surface area contributed by atoms with E-state index in [1.807, 2.05) is 0 Å². The fourth-order valence-corrected chi connectivity index (χ4v) is 0.129. The molecular weight excluding hydrogens is 176 g/mol. The molecule has 52 valence electrons. The summed E-state index contributed by atoms with van der Waals surface area (Å²) in [6, 6.07) is 0. The van der Waals surface area contributed by atoms with E-state index in [1.165, 1.54) is 0 Å². The third kappa shape index (κ3) is 17.7. The van der Waals surface area contributed by atoms with Crippen LogP contribution in [0, 0.1) is 0 Å². The van der Waals surface area contributed by atoms with E-state index < -0.39 is 18.4 Å². The van der Waals surface area contributed by atoms with Gasteiger partial charge in [-0.25, -0.2) is 0 Å². The van der Waals surface area contributed by atoms with Crippen LogP contribution in [0.3, 0.4) is 0 Å². The molecule has 0 aromatic heterocycles. The van der Waals surface area contributed by atoms with Crippen LogP contribution in [-0.2, 0) is 9.59 Å². The first-order chi connectivity index (χ1) is 3.13. The van der Waals surface area contributed by atoms with Crippen molar-refractivity contribution in [3.63, 3.8) is 0 Å². The Morgan fingerprint density at radius 1 is 1.22 bits per heavy atom. The Labute approximate surface area is 90.6 Å². The molecule has 0 unspecified atom stereocenters. The summed E-state index contributed by atoms with van der Waals surface area (Å²) < 4.78 is 0. The van der Waals surface area contributed by atoms with E-state index in [4.69, 9.17) is 10.2 Å². The van der Waals surface area contributed by atoms with Gasteiger partial charge in [-0.3, -0.25) is 9.59 Å². The largest absolute Gasteiger partial charge is 2.00 e. The molecule has 0 aromatic carbocycles. The summed E-state index contributed by atoms with van der Waals surface area (Å²) in [4.78, 5) is 18.9. The van der Waals surface area contributed by atoms with E-state index in [2.05, 4.69) is 0 Å². The second-order valence-electron chi connectivity index (χ2n) is 0.964.